The summed E-state index contributed by atoms with van der Waals surface area (Å²) in [6.07, 6.45) is 6.05. The third kappa shape index (κ3) is 5.46. The molecule has 0 bridgehead atoms. The molecular weight excluding hydrogens is 465 g/mol. The predicted molar refractivity (Wildman–Crippen MR) is 138 cm³/mol. The van der Waals surface area contributed by atoms with E-state index >= 15 is 0 Å². The molecule has 2 aromatic rings. The van der Waals surface area contributed by atoms with E-state index in [1.807, 2.05) is 24.5 Å². The Morgan fingerprint density at radius 3 is 2.74 bits per heavy atom. The lowest BCUT2D eigenvalue weighted by Crippen LogP contribution is -2.49. The van der Waals surface area contributed by atoms with Crippen LogP contribution in [0.1, 0.15) is 55.7 Å². The predicted octanol–water partition coefficient (Wildman–Crippen LogP) is 5.66. The summed E-state index contributed by atoms with van der Waals surface area (Å²) in [6, 6.07) is 11.1. The average molecular weight is 502 g/mol. The topological polar surface area (TPSA) is 67.8 Å². The SMILES string of the molecule is CS[C@@H](C(=O)O)C1(CCNCCCc2ccc3c(c2)OCO3)CCc2cc(F)ccc2[C@H]1C(C)C. The number of carboxylic acids is 1. The molecule has 0 fully saturated rings. The van der Waals surface area contributed by atoms with E-state index in [9.17, 15) is 14.3 Å². The van der Waals surface area contributed by atoms with E-state index in [2.05, 4.69) is 25.2 Å². The van der Waals surface area contributed by atoms with Crippen LogP contribution in [0.15, 0.2) is 36.4 Å². The molecule has 5 nitrogen and oxygen atoms in total. The van der Waals surface area contributed by atoms with Gasteiger partial charge in [0.15, 0.2) is 11.5 Å². The summed E-state index contributed by atoms with van der Waals surface area (Å²) in [5.74, 6) is 0.955. The van der Waals surface area contributed by atoms with Gasteiger partial charge >= 0.3 is 5.97 Å². The molecule has 2 aliphatic rings. The largest absolute Gasteiger partial charge is 0.480 e. The molecule has 3 atom stereocenters. The van der Waals surface area contributed by atoms with Gasteiger partial charge in [0.05, 0.1) is 0 Å². The highest BCUT2D eigenvalue weighted by Gasteiger charge is 2.51. The zero-order chi connectivity index (χ0) is 25.0. The van der Waals surface area contributed by atoms with E-state index in [0.717, 1.165) is 61.4 Å². The summed E-state index contributed by atoms with van der Waals surface area (Å²) in [6.45, 7) is 6.22. The van der Waals surface area contributed by atoms with Crippen molar-refractivity contribution in [1.29, 1.82) is 0 Å². The second kappa shape index (κ2) is 11.2. The molecule has 0 saturated heterocycles. The number of benzene rings is 2. The van der Waals surface area contributed by atoms with Crippen LogP contribution in [-0.2, 0) is 17.6 Å². The number of rotatable bonds is 11. The number of thioether (sulfide) groups is 1. The van der Waals surface area contributed by atoms with Crippen LogP contribution in [0.3, 0.4) is 0 Å². The van der Waals surface area contributed by atoms with Crippen molar-refractivity contribution in [2.24, 2.45) is 11.3 Å². The minimum atomic E-state index is -0.753. The number of nitrogens with one attached hydrogen (secondary N) is 1. The van der Waals surface area contributed by atoms with Crippen molar-refractivity contribution in [3.8, 4) is 11.5 Å². The smallest absolute Gasteiger partial charge is 0.317 e. The molecule has 1 unspecified atom stereocenters. The Balaban J connectivity index is 1.43. The number of ether oxygens (including phenoxy) is 2. The highest BCUT2D eigenvalue weighted by Crippen LogP contribution is 2.56. The third-order valence-electron chi connectivity index (χ3n) is 7.59. The number of hydrogen-bond donors (Lipinski definition) is 2. The average Bonchev–Trinajstić information content (AvgIpc) is 3.29. The first-order valence-electron chi connectivity index (χ1n) is 12.5. The fraction of sp³-hybridized carbons (Fsp3) is 0.536. The molecule has 4 rings (SSSR count). The summed E-state index contributed by atoms with van der Waals surface area (Å²) < 4.78 is 24.8. The Labute approximate surface area is 211 Å². The van der Waals surface area contributed by atoms with Gasteiger partial charge in [-0.2, -0.15) is 0 Å². The first-order valence-corrected chi connectivity index (χ1v) is 13.8. The third-order valence-corrected chi connectivity index (χ3v) is 8.73. The van der Waals surface area contributed by atoms with Crippen molar-refractivity contribution >= 4 is 17.7 Å². The maximum atomic E-state index is 14.0. The second-order valence-electron chi connectivity index (χ2n) is 10.0. The summed E-state index contributed by atoms with van der Waals surface area (Å²) in [4.78, 5) is 12.4. The van der Waals surface area contributed by atoms with Crippen LogP contribution < -0.4 is 14.8 Å². The van der Waals surface area contributed by atoms with Crippen molar-refractivity contribution < 1.29 is 23.8 Å². The highest BCUT2D eigenvalue weighted by atomic mass is 32.2. The minimum absolute atomic E-state index is 0.0656. The lowest BCUT2D eigenvalue weighted by Gasteiger charge is -2.50. The van der Waals surface area contributed by atoms with E-state index in [4.69, 9.17) is 9.47 Å². The summed E-state index contributed by atoms with van der Waals surface area (Å²) in [5, 5.41) is 13.3. The van der Waals surface area contributed by atoms with E-state index in [0.29, 0.717) is 6.42 Å². The van der Waals surface area contributed by atoms with Gasteiger partial charge in [-0.05, 0) is 104 Å². The van der Waals surface area contributed by atoms with E-state index < -0.39 is 16.6 Å². The summed E-state index contributed by atoms with van der Waals surface area (Å²) in [7, 11) is 0. The van der Waals surface area contributed by atoms with Crippen LogP contribution in [0.5, 0.6) is 11.5 Å². The van der Waals surface area contributed by atoms with Crippen LogP contribution in [0.2, 0.25) is 0 Å². The zero-order valence-corrected chi connectivity index (χ0v) is 21.6. The molecule has 190 valence electrons. The van der Waals surface area contributed by atoms with Gasteiger partial charge in [0.25, 0.3) is 0 Å². The fourth-order valence-electron chi connectivity index (χ4n) is 6.20. The molecule has 0 spiro atoms. The maximum Gasteiger partial charge on any atom is 0.317 e. The van der Waals surface area contributed by atoms with Gasteiger partial charge in [0, 0.05) is 5.41 Å². The van der Waals surface area contributed by atoms with Crippen molar-refractivity contribution in [2.45, 2.75) is 57.1 Å². The van der Waals surface area contributed by atoms with Crippen LogP contribution in [0.4, 0.5) is 4.39 Å². The lowest BCUT2D eigenvalue weighted by atomic mass is 9.57. The van der Waals surface area contributed by atoms with Gasteiger partial charge in [0.1, 0.15) is 11.1 Å². The van der Waals surface area contributed by atoms with Crippen molar-refractivity contribution in [2.75, 3.05) is 26.1 Å². The van der Waals surface area contributed by atoms with Crippen molar-refractivity contribution in [3.05, 3.63) is 58.9 Å². The standard InChI is InChI=1S/C28H36FNO4S/c1-18(2)25-22-8-7-21(29)16-20(22)10-11-28(25,26(35-3)27(31)32)12-14-30-13-4-5-19-6-9-23-24(15-19)34-17-33-23/h6-9,15-16,18,25-26,30H,4-5,10-14,17H2,1-3H3,(H,31,32)/t25-,26+,28?/m1/s1. The number of halogens is 1. The quantitative estimate of drug-likeness (QED) is 0.388. The Morgan fingerprint density at radius 1 is 1.20 bits per heavy atom. The maximum absolute atomic E-state index is 14.0. The molecule has 0 amide bonds. The number of fused-ring (bicyclic) bond motifs is 2. The van der Waals surface area contributed by atoms with Gasteiger partial charge in [-0.1, -0.05) is 26.0 Å². The summed E-state index contributed by atoms with van der Waals surface area (Å²) >= 11 is 1.43. The van der Waals surface area contributed by atoms with Gasteiger partial charge < -0.3 is 19.9 Å². The molecule has 7 heteroatoms. The van der Waals surface area contributed by atoms with Crippen LogP contribution in [0.25, 0.3) is 0 Å². The van der Waals surface area contributed by atoms with Gasteiger partial charge in [-0.15, -0.1) is 11.8 Å². The Bertz CT molecular complexity index is 1050. The fourth-order valence-corrected chi connectivity index (χ4v) is 7.25. The summed E-state index contributed by atoms with van der Waals surface area (Å²) in [5.41, 5.74) is 2.98. The Kier molecular flexibility index (Phi) is 8.27. The minimum Gasteiger partial charge on any atom is -0.480 e. The number of carbonyl (C=O) groups is 1. The van der Waals surface area contributed by atoms with Gasteiger partial charge in [-0.3, -0.25) is 4.79 Å². The zero-order valence-electron chi connectivity index (χ0n) is 20.8. The molecule has 0 aromatic heterocycles. The van der Waals surface area contributed by atoms with Crippen LogP contribution >= 0.6 is 11.8 Å². The highest BCUT2D eigenvalue weighted by molar-refractivity contribution is 7.99. The number of carboxylic acid groups (broad SMARTS) is 1. The van der Waals surface area contributed by atoms with Crippen LogP contribution in [-0.4, -0.2) is 42.5 Å². The monoisotopic (exact) mass is 501 g/mol. The van der Waals surface area contributed by atoms with Crippen LogP contribution in [0, 0.1) is 17.2 Å². The van der Waals surface area contributed by atoms with E-state index in [-0.39, 0.29) is 24.4 Å². The van der Waals surface area contributed by atoms with Gasteiger partial charge in [0.2, 0.25) is 6.79 Å². The lowest BCUT2D eigenvalue weighted by molar-refractivity contribution is -0.140. The molecule has 1 aliphatic carbocycles. The molecule has 0 radical (unpaired) electrons. The number of aliphatic carboxylic acids is 1. The Hall–Kier alpha value is -2.25. The number of hydrogen-bond acceptors (Lipinski definition) is 5. The van der Waals surface area contributed by atoms with Gasteiger partial charge in [-0.25, -0.2) is 4.39 Å². The van der Waals surface area contributed by atoms with E-state index in [1.54, 1.807) is 6.07 Å². The van der Waals surface area contributed by atoms with Crippen molar-refractivity contribution in [3.63, 3.8) is 0 Å². The molecule has 1 heterocycles. The second-order valence-corrected chi connectivity index (χ2v) is 11.0. The normalized spacial score (nSPS) is 21.7. The molecule has 1 aliphatic heterocycles. The van der Waals surface area contributed by atoms with Crippen molar-refractivity contribution in [1.82, 2.24) is 5.32 Å². The van der Waals surface area contributed by atoms with E-state index in [1.165, 1.54) is 23.4 Å². The molecule has 0 saturated carbocycles. The molecule has 35 heavy (non-hydrogen) atoms. The number of aryl methyl sites for hydroxylation is 2. The Morgan fingerprint density at radius 2 is 2.00 bits per heavy atom. The first kappa shape index (κ1) is 25.8. The molecular formula is C28H36FNO4S. The molecule has 2 aromatic carbocycles. The molecule has 2 N–H and O–H groups in total. The first-order chi connectivity index (χ1) is 16.9.